The largest absolute Gasteiger partial charge is 0.492 e. The van der Waals surface area contributed by atoms with Gasteiger partial charge < -0.3 is 9.84 Å². The Morgan fingerprint density at radius 1 is 1.06 bits per heavy atom. The average molecular weight is 419 g/mol. The molecule has 0 amide bonds. The fourth-order valence-electron chi connectivity index (χ4n) is 4.89. The van der Waals surface area contributed by atoms with E-state index in [1.807, 2.05) is 35.0 Å². The Hall–Kier alpha value is -2.70. The average Bonchev–Trinajstić information content (AvgIpc) is 3.18. The number of aromatic nitrogens is 3. The molecule has 31 heavy (non-hydrogen) atoms. The fraction of sp³-hybridized carbons (Fsp3) is 0.440. The van der Waals surface area contributed by atoms with Crippen LogP contribution < -0.4 is 4.74 Å². The van der Waals surface area contributed by atoms with Crippen LogP contribution >= 0.6 is 0 Å². The molecule has 5 rings (SSSR count). The molecule has 2 aliphatic rings. The lowest BCUT2D eigenvalue weighted by atomic mass is 9.82. The van der Waals surface area contributed by atoms with E-state index in [1.54, 1.807) is 12.4 Å². The van der Waals surface area contributed by atoms with Gasteiger partial charge in [0.2, 0.25) is 5.95 Å². The number of hydrogen-bond donors (Lipinski definition) is 1. The van der Waals surface area contributed by atoms with Gasteiger partial charge in [-0.1, -0.05) is 25.3 Å². The zero-order valence-corrected chi connectivity index (χ0v) is 17.9. The van der Waals surface area contributed by atoms with Gasteiger partial charge in [0.15, 0.2) is 0 Å². The Kier molecular flexibility index (Phi) is 6.00. The van der Waals surface area contributed by atoms with E-state index in [4.69, 9.17) is 4.74 Å². The van der Waals surface area contributed by atoms with Gasteiger partial charge in [-0.25, -0.2) is 9.97 Å². The highest BCUT2D eigenvalue weighted by Gasteiger charge is 2.25. The normalized spacial score (nSPS) is 18.7. The summed E-state index contributed by atoms with van der Waals surface area (Å²) in [7, 11) is 0. The third-order valence-corrected chi connectivity index (χ3v) is 6.57. The lowest BCUT2D eigenvalue weighted by Gasteiger charge is -2.27. The summed E-state index contributed by atoms with van der Waals surface area (Å²) in [5.41, 5.74) is 3.32. The molecule has 0 spiro atoms. The maximum absolute atomic E-state index is 11.0. The molecule has 1 N–H and O–H groups in total. The van der Waals surface area contributed by atoms with Crippen LogP contribution in [0.1, 0.15) is 55.0 Å². The molecule has 0 saturated heterocycles. The van der Waals surface area contributed by atoms with Crippen molar-refractivity contribution in [3.05, 3.63) is 71.8 Å². The van der Waals surface area contributed by atoms with Gasteiger partial charge in [-0.2, -0.15) is 0 Å². The van der Waals surface area contributed by atoms with Gasteiger partial charge in [0.1, 0.15) is 12.4 Å². The molecule has 0 radical (unpaired) electrons. The summed E-state index contributed by atoms with van der Waals surface area (Å²) >= 11 is 0. The monoisotopic (exact) mass is 418 g/mol. The minimum Gasteiger partial charge on any atom is -0.492 e. The summed E-state index contributed by atoms with van der Waals surface area (Å²) < 4.78 is 8.08. The number of rotatable bonds is 5. The number of nitrogens with zero attached hydrogens (tertiary/aromatic N) is 4. The fourth-order valence-corrected chi connectivity index (χ4v) is 4.89. The van der Waals surface area contributed by atoms with E-state index in [1.165, 1.54) is 19.3 Å². The van der Waals surface area contributed by atoms with Crippen LogP contribution in [0.25, 0.3) is 5.95 Å². The van der Waals surface area contributed by atoms with Crippen LogP contribution in [-0.2, 0) is 13.1 Å². The summed E-state index contributed by atoms with van der Waals surface area (Å²) in [6.07, 6.45) is 11.2. The van der Waals surface area contributed by atoms with Crippen LogP contribution in [0.3, 0.4) is 0 Å². The van der Waals surface area contributed by atoms with Crippen LogP contribution in [0.4, 0.5) is 0 Å². The standard InChI is InChI=1S/C25H30N4O2/c30-24(19-6-2-1-3-7-19)20-9-10-23-21(16-20)17-28(14-15-31-23)18-22-8-4-13-29(22)25-26-11-5-12-27-25/h4-5,8-13,16,19,24,30H,1-3,6-7,14-15,17-18H2. The molecule has 1 saturated carbocycles. The highest BCUT2D eigenvalue weighted by molar-refractivity contribution is 5.39. The summed E-state index contributed by atoms with van der Waals surface area (Å²) in [6.45, 7) is 3.07. The van der Waals surface area contributed by atoms with Crippen LogP contribution in [-0.4, -0.2) is 37.7 Å². The topological polar surface area (TPSA) is 63.4 Å². The van der Waals surface area contributed by atoms with Gasteiger partial charge in [-0.3, -0.25) is 9.47 Å². The van der Waals surface area contributed by atoms with Gasteiger partial charge >= 0.3 is 0 Å². The van der Waals surface area contributed by atoms with E-state index in [0.29, 0.717) is 18.5 Å². The first-order valence-corrected chi connectivity index (χ1v) is 11.4. The second kappa shape index (κ2) is 9.20. The number of ether oxygens (including phenoxy) is 1. The lowest BCUT2D eigenvalue weighted by Crippen LogP contribution is -2.26. The van der Waals surface area contributed by atoms with Crippen LogP contribution in [0, 0.1) is 5.92 Å². The van der Waals surface area contributed by atoms with Crippen LogP contribution in [0.5, 0.6) is 5.75 Å². The summed E-state index contributed by atoms with van der Waals surface area (Å²) in [6, 6.07) is 12.2. The molecule has 6 heteroatoms. The first-order chi connectivity index (χ1) is 15.3. The second-order valence-corrected chi connectivity index (χ2v) is 8.69. The van der Waals surface area contributed by atoms with E-state index >= 15 is 0 Å². The second-order valence-electron chi connectivity index (χ2n) is 8.69. The van der Waals surface area contributed by atoms with Crippen LogP contribution in [0.2, 0.25) is 0 Å². The maximum atomic E-state index is 11.0. The predicted octanol–water partition coefficient (Wildman–Crippen LogP) is 4.28. The van der Waals surface area contributed by atoms with E-state index in [0.717, 1.165) is 55.0 Å². The molecule has 0 bridgehead atoms. The van der Waals surface area contributed by atoms with E-state index in [-0.39, 0.29) is 6.10 Å². The molecule has 3 heterocycles. The zero-order chi connectivity index (χ0) is 21.0. The molecule has 1 aliphatic heterocycles. The van der Waals surface area contributed by atoms with Crippen LogP contribution in [0.15, 0.2) is 55.0 Å². The third kappa shape index (κ3) is 4.50. The first kappa shape index (κ1) is 20.2. The smallest absolute Gasteiger partial charge is 0.233 e. The Morgan fingerprint density at radius 3 is 2.74 bits per heavy atom. The van der Waals surface area contributed by atoms with Gasteiger partial charge in [0.05, 0.1) is 6.10 Å². The molecule has 6 nitrogen and oxygen atoms in total. The quantitative estimate of drug-likeness (QED) is 0.670. The minimum atomic E-state index is -0.380. The number of benzene rings is 1. The molecule has 1 aliphatic carbocycles. The molecular formula is C25H30N4O2. The SMILES string of the molecule is OC(c1ccc2c(c1)CN(Cc1cccn1-c1ncccn1)CCO2)C1CCCCC1. The van der Waals surface area contributed by atoms with Crippen molar-refractivity contribution in [2.24, 2.45) is 5.92 Å². The maximum Gasteiger partial charge on any atom is 0.233 e. The highest BCUT2D eigenvalue weighted by Crippen LogP contribution is 2.36. The zero-order valence-electron chi connectivity index (χ0n) is 17.9. The first-order valence-electron chi connectivity index (χ1n) is 11.4. The molecule has 162 valence electrons. The number of fused-ring (bicyclic) bond motifs is 1. The predicted molar refractivity (Wildman–Crippen MR) is 119 cm³/mol. The van der Waals surface area contributed by atoms with Crippen molar-refractivity contribution in [1.29, 1.82) is 0 Å². The molecule has 3 aromatic rings. The van der Waals surface area contributed by atoms with E-state index in [2.05, 4.69) is 27.0 Å². The van der Waals surface area contributed by atoms with Gasteiger partial charge in [-0.15, -0.1) is 0 Å². The van der Waals surface area contributed by atoms with Gasteiger partial charge in [-0.05, 0) is 54.7 Å². The molecule has 1 atom stereocenters. The Morgan fingerprint density at radius 2 is 1.90 bits per heavy atom. The summed E-state index contributed by atoms with van der Waals surface area (Å²) in [5.74, 6) is 2.00. The molecule has 1 unspecified atom stereocenters. The van der Waals surface area contributed by atoms with Crippen molar-refractivity contribution in [3.8, 4) is 11.7 Å². The Balaban J connectivity index is 1.34. The molecule has 1 fully saturated rings. The number of aliphatic hydroxyl groups excluding tert-OH is 1. The van der Waals surface area contributed by atoms with E-state index in [9.17, 15) is 5.11 Å². The van der Waals surface area contributed by atoms with Crippen molar-refractivity contribution < 1.29 is 9.84 Å². The van der Waals surface area contributed by atoms with Crippen molar-refractivity contribution in [2.75, 3.05) is 13.2 Å². The summed E-state index contributed by atoms with van der Waals surface area (Å²) in [4.78, 5) is 11.2. The van der Waals surface area contributed by atoms with Crippen molar-refractivity contribution in [3.63, 3.8) is 0 Å². The molecule has 2 aromatic heterocycles. The Labute approximate surface area is 183 Å². The molecule has 1 aromatic carbocycles. The van der Waals surface area contributed by atoms with Gasteiger partial charge in [0.25, 0.3) is 0 Å². The number of aliphatic hydroxyl groups is 1. The van der Waals surface area contributed by atoms with Crippen molar-refractivity contribution in [1.82, 2.24) is 19.4 Å². The van der Waals surface area contributed by atoms with Crippen molar-refractivity contribution >= 4 is 0 Å². The minimum absolute atomic E-state index is 0.378. The summed E-state index contributed by atoms with van der Waals surface area (Å²) in [5, 5.41) is 11.0. The highest BCUT2D eigenvalue weighted by atomic mass is 16.5. The third-order valence-electron chi connectivity index (χ3n) is 6.57. The molecular weight excluding hydrogens is 388 g/mol. The van der Waals surface area contributed by atoms with E-state index < -0.39 is 0 Å². The number of hydrogen-bond acceptors (Lipinski definition) is 5. The Bertz CT molecular complexity index is 998. The lowest BCUT2D eigenvalue weighted by molar-refractivity contribution is 0.0847. The van der Waals surface area contributed by atoms with Gasteiger partial charge in [0, 0.05) is 49.5 Å². The van der Waals surface area contributed by atoms with Crippen molar-refractivity contribution in [2.45, 2.75) is 51.3 Å².